The van der Waals surface area contributed by atoms with E-state index < -0.39 is 30.2 Å². The number of hydrogen-bond donors (Lipinski definition) is 0. The molecule has 152 valence electrons. The standard InChI is InChI=1S/C24H26O5/c1-24(2)28-21-19(25)13-14-20(26-15-17-9-5-3-6-10-17)22(23(21)29-24)27-16-18-11-7-4-8-12-18/h3-14,20-23H,15-16H2,1-2H3/t20-,21+,22-,23-/m1/s1. The quantitative estimate of drug-likeness (QED) is 0.746. The van der Waals surface area contributed by atoms with Crippen LogP contribution in [0.15, 0.2) is 72.8 Å². The van der Waals surface area contributed by atoms with Crippen molar-refractivity contribution in [3.8, 4) is 0 Å². The fourth-order valence-corrected chi connectivity index (χ4v) is 3.70. The van der Waals surface area contributed by atoms with Crippen molar-refractivity contribution < 1.29 is 23.7 Å². The molecule has 0 amide bonds. The zero-order valence-corrected chi connectivity index (χ0v) is 16.7. The number of fused-ring (bicyclic) bond motifs is 1. The van der Waals surface area contributed by atoms with Gasteiger partial charge in [-0.15, -0.1) is 0 Å². The molecule has 0 N–H and O–H groups in total. The number of ketones is 1. The zero-order chi connectivity index (χ0) is 20.3. The number of benzene rings is 2. The van der Waals surface area contributed by atoms with Crippen LogP contribution < -0.4 is 0 Å². The van der Waals surface area contributed by atoms with Crippen LogP contribution >= 0.6 is 0 Å². The van der Waals surface area contributed by atoms with Gasteiger partial charge >= 0.3 is 0 Å². The van der Waals surface area contributed by atoms with Gasteiger partial charge in [-0.25, -0.2) is 0 Å². The molecule has 0 spiro atoms. The molecule has 4 atom stereocenters. The molecule has 5 heteroatoms. The van der Waals surface area contributed by atoms with Gasteiger partial charge in [0.1, 0.15) is 18.3 Å². The highest BCUT2D eigenvalue weighted by molar-refractivity contribution is 5.94. The summed E-state index contributed by atoms with van der Waals surface area (Å²) in [6.07, 6.45) is 1.14. The van der Waals surface area contributed by atoms with E-state index in [1.807, 2.05) is 74.5 Å². The van der Waals surface area contributed by atoms with Crippen LogP contribution in [0.25, 0.3) is 0 Å². The second-order valence-corrected chi connectivity index (χ2v) is 7.80. The first-order valence-electron chi connectivity index (χ1n) is 9.91. The minimum Gasteiger partial charge on any atom is -0.368 e. The van der Waals surface area contributed by atoms with Crippen LogP contribution in [-0.2, 0) is 37.0 Å². The average Bonchev–Trinajstić information content (AvgIpc) is 3.00. The van der Waals surface area contributed by atoms with Crippen LogP contribution in [0.2, 0.25) is 0 Å². The smallest absolute Gasteiger partial charge is 0.187 e. The van der Waals surface area contributed by atoms with Crippen molar-refractivity contribution in [1.82, 2.24) is 0 Å². The van der Waals surface area contributed by atoms with Crippen LogP contribution in [0.4, 0.5) is 0 Å². The summed E-state index contributed by atoms with van der Waals surface area (Å²) in [6, 6.07) is 19.8. The van der Waals surface area contributed by atoms with Crippen molar-refractivity contribution in [3.63, 3.8) is 0 Å². The Balaban J connectivity index is 1.55. The molecular weight excluding hydrogens is 368 g/mol. The third kappa shape index (κ3) is 4.82. The van der Waals surface area contributed by atoms with Crippen LogP contribution in [0, 0.1) is 0 Å². The van der Waals surface area contributed by atoms with E-state index >= 15 is 0 Å². The maximum absolute atomic E-state index is 12.6. The molecule has 1 heterocycles. The molecule has 4 rings (SSSR count). The maximum atomic E-state index is 12.6. The lowest BCUT2D eigenvalue weighted by atomic mass is 10.0. The van der Waals surface area contributed by atoms with Crippen molar-refractivity contribution in [3.05, 3.63) is 83.9 Å². The molecule has 5 nitrogen and oxygen atoms in total. The van der Waals surface area contributed by atoms with Crippen LogP contribution in [0.3, 0.4) is 0 Å². The summed E-state index contributed by atoms with van der Waals surface area (Å²) in [5.41, 5.74) is 2.10. The third-order valence-corrected chi connectivity index (χ3v) is 5.08. The summed E-state index contributed by atoms with van der Waals surface area (Å²) in [5, 5.41) is 0. The topological polar surface area (TPSA) is 54.0 Å². The molecule has 2 aliphatic rings. The van der Waals surface area contributed by atoms with Crippen molar-refractivity contribution in [2.75, 3.05) is 0 Å². The monoisotopic (exact) mass is 394 g/mol. The summed E-state index contributed by atoms with van der Waals surface area (Å²) in [6.45, 7) is 4.43. The Bertz CT molecular complexity index is 846. The van der Waals surface area contributed by atoms with Gasteiger partial charge in [-0.2, -0.15) is 0 Å². The number of hydrogen-bond acceptors (Lipinski definition) is 5. The van der Waals surface area contributed by atoms with Gasteiger partial charge in [0.25, 0.3) is 0 Å². The van der Waals surface area contributed by atoms with E-state index in [0.29, 0.717) is 13.2 Å². The summed E-state index contributed by atoms with van der Waals surface area (Å²) < 4.78 is 24.4. The molecule has 0 radical (unpaired) electrons. The summed E-state index contributed by atoms with van der Waals surface area (Å²) >= 11 is 0. The Hall–Kier alpha value is -2.31. The molecule has 2 aromatic carbocycles. The Morgan fingerprint density at radius 2 is 1.45 bits per heavy atom. The summed E-state index contributed by atoms with van der Waals surface area (Å²) in [7, 11) is 0. The van der Waals surface area contributed by atoms with Gasteiger partial charge in [0, 0.05) is 0 Å². The Labute approximate surface area is 171 Å². The van der Waals surface area contributed by atoms with Crippen molar-refractivity contribution in [2.45, 2.75) is 57.3 Å². The van der Waals surface area contributed by atoms with Gasteiger partial charge in [0.05, 0.1) is 13.2 Å². The van der Waals surface area contributed by atoms with E-state index in [9.17, 15) is 4.79 Å². The largest absolute Gasteiger partial charge is 0.368 e. The lowest BCUT2D eigenvalue weighted by Gasteiger charge is -2.30. The van der Waals surface area contributed by atoms with E-state index in [1.54, 1.807) is 6.08 Å². The van der Waals surface area contributed by atoms with E-state index in [1.165, 1.54) is 6.08 Å². The highest BCUT2D eigenvalue weighted by Gasteiger charge is 2.51. The molecular formula is C24H26O5. The highest BCUT2D eigenvalue weighted by Crippen LogP contribution is 2.35. The lowest BCUT2D eigenvalue weighted by Crippen LogP contribution is -2.45. The molecule has 1 saturated heterocycles. The first kappa shape index (κ1) is 20.0. The number of rotatable bonds is 6. The number of ether oxygens (including phenoxy) is 4. The first-order chi connectivity index (χ1) is 14.0. The van der Waals surface area contributed by atoms with Gasteiger partial charge in [-0.05, 0) is 37.1 Å². The number of carbonyl (C=O) groups excluding carboxylic acids is 1. The van der Waals surface area contributed by atoms with Gasteiger partial charge < -0.3 is 18.9 Å². The molecule has 1 fully saturated rings. The molecule has 0 unspecified atom stereocenters. The van der Waals surface area contributed by atoms with Gasteiger partial charge in [0.15, 0.2) is 17.7 Å². The third-order valence-electron chi connectivity index (χ3n) is 5.08. The molecule has 0 bridgehead atoms. The molecule has 2 aromatic rings. The predicted octanol–water partition coefficient (Wildman–Crippen LogP) is 3.82. The minimum atomic E-state index is -0.853. The Kier molecular flexibility index (Phi) is 5.92. The summed E-state index contributed by atoms with van der Waals surface area (Å²) in [5.74, 6) is -0.978. The van der Waals surface area contributed by atoms with Crippen LogP contribution in [-0.4, -0.2) is 36.0 Å². The van der Waals surface area contributed by atoms with Crippen molar-refractivity contribution in [1.29, 1.82) is 0 Å². The maximum Gasteiger partial charge on any atom is 0.187 e. The van der Waals surface area contributed by atoms with E-state index in [4.69, 9.17) is 18.9 Å². The van der Waals surface area contributed by atoms with Crippen molar-refractivity contribution in [2.24, 2.45) is 0 Å². The Morgan fingerprint density at radius 3 is 2.07 bits per heavy atom. The molecule has 0 aromatic heterocycles. The second-order valence-electron chi connectivity index (χ2n) is 7.80. The zero-order valence-electron chi connectivity index (χ0n) is 16.7. The first-order valence-corrected chi connectivity index (χ1v) is 9.91. The van der Waals surface area contributed by atoms with Crippen LogP contribution in [0.1, 0.15) is 25.0 Å². The summed E-state index contributed by atoms with van der Waals surface area (Å²) in [4.78, 5) is 12.6. The second kappa shape index (κ2) is 8.59. The molecule has 1 aliphatic carbocycles. The van der Waals surface area contributed by atoms with Gasteiger partial charge in [-0.3, -0.25) is 4.79 Å². The molecule has 0 saturated carbocycles. The fourth-order valence-electron chi connectivity index (χ4n) is 3.70. The lowest BCUT2D eigenvalue weighted by molar-refractivity contribution is -0.174. The normalized spacial score (nSPS) is 28.1. The minimum absolute atomic E-state index is 0.125. The molecule has 1 aliphatic heterocycles. The van der Waals surface area contributed by atoms with Gasteiger partial charge in [0.2, 0.25) is 0 Å². The van der Waals surface area contributed by atoms with E-state index in [2.05, 4.69) is 0 Å². The van der Waals surface area contributed by atoms with E-state index in [0.717, 1.165) is 11.1 Å². The molecule has 29 heavy (non-hydrogen) atoms. The van der Waals surface area contributed by atoms with Crippen molar-refractivity contribution >= 4 is 5.78 Å². The Morgan fingerprint density at radius 1 is 0.862 bits per heavy atom. The fraction of sp³-hybridized carbons (Fsp3) is 0.375. The average molecular weight is 394 g/mol. The van der Waals surface area contributed by atoms with Gasteiger partial charge in [-0.1, -0.05) is 60.7 Å². The highest BCUT2D eigenvalue weighted by atomic mass is 16.8. The predicted molar refractivity (Wildman–Crippen MR) is 108 cm³/mol. The number of carbonyl (C=O) groups is 1. The SMILES string of the molecule is CC1(C)O[C@H]2[C@H](OCc3ccccc3)[C@H](OCc3ccccc3)C=CC(=O)[C@@H]2O1. The van der Waals surface area contributed by atoms with E-state index in [-0.39, 0.29) is 5.78 Å². The van der Waals surface area contributed by atoms with Crippen LogP contribution in [0.5, 0.6) is 0 Å².